The van der Waals surface area contributed by atoms with Gasteiger partial charge in [0.25, 0.3) is 0 Å². The number of carbonyl (C=O) groups is 1. The number of phenolic OH excluding ortho intramolecular Hbond substituents is 4. The Bertz CT molecular complexity index is 655. The third kappa shape index (κ3) is 2.51. The number of aromatic hydroxyl groups is 4. The molecule has 0 bridgehead atoms. The summed E-state index contributed by atoms with van der Waals surface area (Å²) in [7, 11) is 0. The second kappa shape index (κ2) is 4.88. The summed E-state index contributed by atoms with van der Waals surface area (Å²) >= 11 is 0. The molecule has 104 valence electrons. The molecule has 2 rings (SSSR count). The Morgan fingerprint density at radius 1 is 0.900 bits per heavy atom. The van der Waals surface area contributed by atoms with Gasteiger partial charge in [0.2, 0.25) is 5.75 Å². The maximum atomic E-state index is 10.7. The molecule has 0 spiro atoms. The lowest BCUT2D eigenvalue weighted by atomic mass is 10.2. The summed E-state index contributed by atoms with van der Waals surface area (Å²) in [6, 6.07) is 5.49. The van der Waals surface area contributed by atoms with Crippen molar-refractivity contribution < 1.29 is 35.1 Å². The number of phenols is 4. The third-order valence-electron chi connectivity index (χ3n) is 2.48. The molecule has 0 saturated carbocycles. The fraction of sp³-hybridized carbons (Fsp3) is 0. The molecule has 7 nitrogen and oxygen atoms in total. The quantitative estimate of drug-likeness (QED) is 0.543. The minimum atomic E-state index is -1.20. The van der Waals surface area contributed by atoms with Gasteiger partial charge in [-0.15, -0.1) is 0 Å². The van der Waals surface area contributed by atoms with Crippen LogP contribution >= 0.6 is 0 Å². The van der Waals surface area contributed by atoms with Crippen LogP contribution in [-0.4, -0.2) is 31.5 Å². The highest BCUT2D eigenvalue weighted by Crippen LogP contribution is 2.41. The van der Waals surface area contributed by atoms with Gasteiger partial charge in [0.05, 0.1) is 5.56 Å². The molecule has 0 radical (unpaired) electrons. The summed E-state index contributed by atoms with van der Waals surface area (Å²) in [4.78, 5) is 10.7. The molecule has 2 aromatic rings. The topological polar surface area (TPSA) is 127 Å². The van der Waals surface area contributed by atoms with E-state index in [-0.39, 0.29) is 17.1 Å². The van der Waals surface area contributed by atoms with Gasteiger partial charge in [0, 0.05) is 12.1 Å². The molecule has 2 aromatic carbocycles. The van der Waals surface area contributed by atoms with Crippen molar-refractivity contribution in [3.05, 3.63) is 35.9 Å². The summed E-state index contributed by atoms with van der Waals surface area (Å²) in [6.45, 7) is 0. The first-order chi connectivity index (χ1) is 9.38. The van der Waals surface area contributed by atoms with Crippen LogP contribution in [0.5, 0.6) is 34.5 Å². The van der Waals surface area contributed by atoms with Gasteiger partial charge < -0.3 is 30.3 Å². The van der Waals surface area contributed by atoms with Crippen molar-refractivity contribution in [3.63, 3.8) is 0 Å². The first-order valence-corrected chi connectivity index (χ1v) is 5.37. The van der Waals surface area contributed by atoms with E-state index in [2.05, 4.69) is 0 Å². The van der Waals surface area contributed by atoms with Gasteiger partial charge in [0.15, 0.2) is 23.0 Å². The van der Waals surface area contributed by atoms with Crippen molar-refractivity contribution in [2.45, 2.75) is 0 Å². The van der Waals surface area contributed by atoms with Crippen LogP contribution in [0.2, 0.25) is 0 Å². The van der Waals surface area contributed by atoms with Gasteiger partial charge in [0.1, 0.15) is 5.75 Å². The first-order valence-electron chi connectivity index (χ1n) is 5.37. The zero-order valence-corrected chi connectivity index (χ0v) is 9.94. The lowest BCUT2D eigenvalue weighted by Crippen LogP contribution is -1.96. The second-order valence-corrected chi connectivity index (χ2v) is 3.90. The van der Waals surface area contributed by atoms with Crippen LogP contribution in [0.4, 0.5) is 0 Å². The molecular weight excluding hydrogens is 268 g/mol. The predicted molar refractivity (Wildman–Crippen MR) is 66.6 cm³/mol. The Morgan fingerprint density at radius 2 is 1.50 bits per heavy atom. The Kier molecular flexibility index (Phi) is 3.26. The van der Waals surface area contributed by atoms with E-state index in [0.29, 0.717) is 0 Å². The average molecular weight is 278 g/mol. The number of rotatable bonds is 3. The molecule has 0 aliphatic heterocycles. The lowest BCUT2D eigenvalue weighted by Gasteiger charge is -2.10. The van der Waals surface area contributed by atoms with E-state index in [9.17, 15) is 25.2 Å². The normalized spacial score (nSPS) is 10.2. The van der Waals surface area contributed by atoms with Gasteiger partial charge in [-0.25, -0.2) is 4.79 Å². The van der Waals surface area contributed by atoms with Crippen LogP contribution in [0.25, 0.3) is 0 Å². The Morgan fingerprint density at radius 3 is 2.00 bits per heavy atom. The fourth-order valence-corrected chi connectivity index (χ4v) is 1.50. The van der Waals surface area contributed by atoms with Crippen LogP contribution < -0.4 is 4.74 Å². The van der Waals surface area contributed by atoms with Gasteiger partial charge >= 0.3 is 5.97 Å². The number of carboxylic acid groups (broad SMARTS) is 1. The van der Waals surface area contributed by atoms with Crippen molar-refractivity contribution in [2.24, 2.45) is 0 Å². The molecule has 0 heterocycles. The van der Waals surface area contributed by atoms with E-state index in [1.165, 1.54) is 12.1 Å². The highest BCUT2D eigenvalue weighted by molar-refractivity contribution is 5.88. The standard InChI is InChI=1S/C13H10O7/c14-8-3-6(13(18)19)1-2-11(8)20-7-4-9(15)12(17)10(16)5-7/h1-5,14-17H,(H,18,19). The van der Waals surface area contributed by atoms with Crippen LogP contribution in [0.3, 0.4) is 0 Å². The summed E-state index contributed by atoms with van der Waals surface area (Å²) in [6.07, 6.45) is 0. The lowest BCUT2D eigenvalue weighted by molar-refractivity contribution is 0.0696. The molecule has 0 aromatic heterocycles. The molecule has 0 aliphatic carbocycles. The average Bonchev–Trinajstić information content (AvgIpc) is 2.38. The molecule has 0 atom stereocenters. The molecular formula is C13H10O7. The van der Waals surface area contributed by atoms with Crippen molar-refractivity contribution in [2.75, 3.05) is 0 Å². The highest BCUT2D eigenvalue weighted by Gasteiger charge is 2.12. The maximum absolute atomic E-state index is 10.7. The summed E-state index contributed by atoms with van der Waals surface area (Å²) in [5.41, 5.74) is -0.119. The van der Waals surface area contributed by atoms with Crippen molar-refractivity contribution in [1.29, 1.82) is 0 Å². The van der Waals surface area contributed by atoms with E-state index in [0.717, 1.165) is 18.2 Å². The zero-order valence-electron chi connectivity index (χ0n) is 9.94. The second-order valence-electron chi connectivity index (χ2n) is 3.90. The van der Waals surface area contributed by atoms with Crippen LogP contribution in [-0.2, 0) is 0 Å². The summed E-state index contributed by atoms with van der Waals surface area (Å²) < 4.78 is 5.19. The van der Waals surface area contributed by atoms with Crippen LogP contribution in [0.15, 0.2) is 30.3 Å². The SMILES string of the molecule is O=C(O)c1ccc(Oc2cc(O)c(O)c(O)c2)c(O)c1. The van der Waals surface area contributed by atoms with Gasteiger partial charge in [-0.3, -0.25) is 0 Å². The Hall–Kier alpha value is -3.09. The number of aromatic carboxylic acids is 1. The van der Waals surface area contributed by atoms with Crippen molar-refractivity contribution in [1.82, 2.24) is 0 Å². The fourth-order valence-electron chi connectivity index (χ4n) is 1.50. The molecule has 0 aliphatic rings. The number of hydrogen-bond donors (Lipinski definition) is 5. The monoisotopic (exact) mass is 278 g/mol. The third-order valence-corrected chi connectivity index (χ3v) is 2.48. The van der Waals surface area contributed by atoms with E-state index in [1.807, 2.05) is 0 Å². The minimum absolute atomic E-state index is 0.0452. The first kappa shape index (κ1) is 13.3. The summed E-state index contributed by atoms with van der Waals surface area (Å²) in [5, 5.41) is 46.2. The minimum Gasteiger partial charge on any atom is -0.504 e. The van der Waals surface area contributed by atoms with Crippen LogP contribution in [0.1, 0.15) is 10.4 Å². The maximum Gasteiger partial charge on any atom is 0.335 e. The number of ether oxygens (including phenoxy) is 1. The van der Waals surface area contributed by atoms with E-state index in [1.54, 1.807) is 0 Å². The van der Waals surface area contributed by atoms with Crippen molar-refractivity contribution in [3.8, 4) is 34.5 Å². The van der Waals surface area contributed by atoms with E-state index in [4.69, 9.17) is 9.84 Å². The molecule has 5 N–H and O–H groups in total. The van der Waals surface area contributed by atoms with Crippen molar-refractivity contribution >= 4 is 5.97 Å². The molecule has 0 saturated heterocycles. The molecule has 0 unspecified atom stereocenters. The predicted octanol–water partition coefficient (Wildman–Crippen LogP) is 2.00. The number of carboxylic acids is 1. The highest BCUT2D eigenvalue weighted by atomic mass is 16.5. The van der Waals surface area contributed by atoms with Gasteiger partial charge in [-0.1, -0.05) is 0 Å². The van der Waals surface area contributed by atoms with E-state index >= 15 is 0 Å². The zero-order chi connectivity index (χ0) is 14.9. The van der Waals surface area contributed by atoms with Gasteiger partial charge in [-0.2, -0.15) is 0 Å². The van der Waals surface area contributed by atoms with Crippen LogP contribution in [0, 0.1) is 0 Å². The Labute approximate surface area is 112 Å². The largest absolute Gasteiger partial charge is 0.504 e. The smallest absolute Gasteiger partial charge is 0.335 e. The Balaban J connectivity index is 2.33. The molecule has 0 amide bonds. The number of hydrogen-bond acceptors (Lipinski definition) is 6. The van der Waals surface area contributed by atoms with Gasteiger partial charge in [-0.05, 0) is 18.2 Å². The molecule has 20 heavy (non-hydrogen) atoms. The summed E-state index contributed by atoms with van der Waals surface area (Å²) in [5.74, 6) is -3.62. The molecule has 7 heteroatoms. The van der Waals surface area contributed by atoms with E-state index < -0.39 is 29.0 Å². The molecule has 0 fully saturated rings. The number of benzene rings is 2.